The maximum atomic E-state index is 12.5. The van der Waals surface area contributed by atoms with Gasteiger partial charge in [0.25, 0.3) is 5.91 Å². The normalized spacial score (nSPS) is 11.2. The summed E-state index contributed by atoms with van der Waals surface area (Å²) in [5.41, 5.74) is 3.50. The predicted molar refractivity (Wildman–Crippen MR) is 103 cm³/mol. The Morgan fingerprint density at radius 3 is 2.69 bits per heavy atom. The Hall–Kier alpha value is -3.06. The van der Waals surface area contributed by atoms with Crippen LogP contribution in [0.15, 0.2) is 54.9 Å². The Kier molecular flexibility index (Phi) is 4.22. The minimum Gasteiger partial charge on any atom is -0.322 e. The lowest BCUT2D eigenvalue weighted by atomic mass is 10.0. The summed E-state index contributed by atoms with van der Waals surface area (Å²) < 4.78 is 1.64. The lowest BCUT2D eigenvalue weighted by Crippen LogP contribution is -2.11. The van der Waals surface area contributed by atoms with E-state index in [-0.39, 0.29) is 5.91 Å². The highest BCUT2D eigenvalue weighted by Gasteiger charge is 2.10. The van der Waals surface area contributed by atoms with E-state index in [1.165, 1.54) is 16.9 Å². The van der Waals surface area contributed by atoms with E-state index >= 15 is 0 Å². The van der Waals surface area contributed by atoms with Gasteiger partial charge >= 0.3 is 0 Å². The van der Waals surface area contributed by atoms with Gasteiger partial charge < -0.3 is 5.32 Å². The van der Waals surface area contributed by atoms with E-state index < -0.39 is 0 Å². The lowest BCUT2D eigenvalue weighted by Gasteiger charge is -2.08. The molecule has 0 saturated heterocycles. The van der Waals surface area contributed by atoms with Gasteiger partial charge in [0, 0.05) is 16.8 Å². The first-order valence-electron chi connectivity index (χ1n) is 8.29. The van der Waals surface area contributed by atoms with Gasteiger partial charge in [0.05, 0.1) is 0 Å². The van der Waals surface area contributed by atoms with Crippen LogP contribution in [0, 0.1) is 0 Å². The van der Waals surface area contributed by atoms with Gasteiger partial charge in [-0.3, -0.25) is 4.79 Å². The van der Waals surface area contributed by atoms with Crippen molar-refractivity contribution in [3.8, 4) is 10.6 Å². The van der Waals surface area contributed by atoms with Crippen molar-refractivity contribution in [2.24, 2.45) is 0 Å². The van der Waals surface area contributed by atoms with Gasteiger partial charge in [-0.05, 0) is 35.7 Å². The Morgan fingerprint density at radius 1 is 1.15 bits per heavy atom. The van der Waals surface area contributed by atoms with Gasteiger partial charge in [-0.15, -0.1) is 10.2 Å². The summed E-state index contributed by atoms with van der Waals surface area (Å²) in [4.78, 5) is 13.2. The molecule has 7 heteroatoms. The maximum Gasteiger partial charge on any atom is 0.255 e. The second-order valence-electron chi connectivity index (χ2n) is 6.28. The van der Waals surface area contributed by atoms with Crippen LogP contribution in [0.3, 0.4) is 0 Å². The molecule has 0 aliphatic carbocycles. The zero-order chi connectivity index (χ0) is 18.1. The van der Waals surface area contributed by atoms with Crippen LogP contribution in [0.5, 0.6) is 0 Å². The standard InChI is InChI=1S/C19H17N5OS/c1-12(2)13-6-8-14(9-7-13)17(25)21-16-5-3-4-15(10-16)18-23-24-11-20-22-19(24)26-18/h3-12H,1-2H3,(H,21,25). The van der Waals surface area contributed by atoms with Crippen molar-refractivity contribution >= 4 is 27.9 Å². The molecule has 0 bridgehead atoms. The number of carbonyl (C=O) groups excluding carboxylic acids is 1. The molecule has 0 atom stereocenters. The number of fused-ring (bicyclic) bond motifs is 1. The average molecular weight is 363 g/mol. The van der Waals surface area contributed by atoms with E-state index in [4.69, 9.17) is 0 Å². The third-order valence-corrected chi connectivity index (χ3v) is 5.06. The summed E-state index contributed by atoms with van der Waals surface area (Å²) in [6.45, 7) is 4.26. The molecule has 0 radical (unpaired) electrons. The summed E-state index contributed by atoms with van der Waals surface area (Å²) in [6.07, 6.45) is 1.57. The highest BCUT2D eigenvalue weighted by atomic mass is 32.1. The van der Waals surface area contributed by atoms with Crippen molar-refractivity contribution in [2.75, 3.05) is 5.32 Å². The third-order valence-electron chi connectivity index (χ3n) is 4.09. The van der Waals surface area contributed by atoms with Crippen LogP contribution in [0.1, 0.15) is 35.7 Å². The number of hydrogen-bond acceptors (Lipinski definition) is 5. The molecule has 2 aromatic heterocycles. The molecular weight excluding hydrogens is 346 g/mol. The first-order chi connectivity index (χ1) is 12.6. The lowest BCUT2D eigenvalue weighted by molar-refractivity contribution is 0.102. The highest BCUT2D eigenvalue weighted by Crippen LogP contribution is 2.27. The van der Waals surface area contributed by atoms with Crippen molar-refractivity contribution in [1.29, 1.82) is 0 Å². The van der Waals surface area contributed by atoms with Crippen molar-refractivity contribution in [2.45, 2.75) is 19.8 Å². The van der Waals surface area contributed by atoms with E-state index in [1.807, 2.05) is 48.5 Å². The number of aromatic nitrogens is 4. The quantitative estimate of drug-likeness (QED) is 0.589. The maximum absolute atomic E-state index is 12.5. The fourth-order valence-corrected chi connectivity index (χ4v) is 3.45. The van der Waals surface area contributed by atoms with Gasteiger partial charge in [-0.1, -0.05) is 49.4 Å². The molecule has 1 amide bonds. The summed E-state index contributed by atoms with van der Waals surface area (Å²) in [6, 6.07) is 15.3. The number of nitrogens with one attached hydrogen (secondary N) is 1. The third kappa shape index (κ3) is 3.21. The first-order valence-corrected chi connectivity index (χ1v) is 9.10. The zero-order valence-corrected chi connectivity index (χ0v) is 15.2. The van der Waals surface area contributed by atoms with Crippen molar-refractivity contribution in [1.82, 2.24) is 19.8 Å². The zero-order valence-electron chi connectivity index (χ0n) is 14.4. The Balaban J connectivity index is 1.54. The molecule has 130 valence electrons. The van der Waals surface area contributed by atoms with Gasteiger partial charge in [0.15, 0.2) is 0 Å². The minimum atomic E-state index is -0.129. The minimum absolute atomic E-state index is 0.129. The molecule has 4 aromatic rings. The number of benzene rings is 2. The van der Waals surface area contributed by atoms with Gasteiger partial charge in [0.2, 0.25) is 4.96 Å². The van der Waals surface area contributed by atoms with Gasteiger partial charge in [-0.2, -0.15) is 9.61 Å². The van der Waals surface area contributed by atoms with E-state index in [0.717, 1.165) is 21.2 Å². The van der Waals surface area contributed by atoms with Crippen LogP contribution >= 0.6 is 11.3 Å². The first kappa shape index (κ1) is 16.4. The molecule has 4 rings (SSSR count). The number of nitrogens with zero attached hydrogens (tertiary/aromatic N) is 4. The van der Waals surface area contributed by atoms with Crippen LogP contribution < -0.4 is 5.32 Å². The monoisotopic (exact) mass is 363 g/mol. The summed E-state index contributed by atoms with van der Waals surface area (Å²) in [5, 5.41) is 16.0. The molecule has 0 aliphatic heterocycles. The average Bonchev–Trinajstić information content (AvgIpc) is 3.24. The second-order valence-corrected chi connectivity index (χ2v) is 7.23. The molecule has 0 unspecified atom stereocenters. The molecule has 1 N–H and O–H groups in total. The number of rotatable bonds is 4. The van der Waals surface area contributed by atoms with E-state index in [1.54, 1.807) is 10.8 Å². The summed E-state index contributed by atoms with van der Waals surface area (Å²) in [5.74, 6) is 0.314. The molecule has 2 heterocycles. The number of hydrogen-bond donors (Lipinski definition) is 1. The number of anilines is 1. The van der Waals surface area contributed by atoms with E-state index in [0.29, 0.717) is 11.5 Å². The molecule has 0 aliphatic rings. The molecule has 6 nitrogen and oxygen atoms in total. The molecular formula is C19H17N5OS. The molecule has 2 aromatic carbocycles. The van der Waals surface area contributed by atoms with E-state index in [9.17, 15) is 4.79 Å². The molecule has 0 spiro atoms. The van der Waals surface area contributed by atoms with Gasteiger partial charge in [0.1, 0.15) is 11.3 Å². The topological polar surface area (TPSA) is 72.2 Å². The van der Waals surface area contributed by atoms with E-state index in [2.05, 4.69) is 34.5 Å². The largest absolute Gasteiger partial charge is 0.322 e. The van der Waals surface area contributed by atoms with Crippen molar-refractivity contribution in [3.63, 3.8) is 0 Å². The smallest absolute Gasteiger partial charge is 0.255 e. The van der Waals surface area contributed by atoms with Crippen LogP contribution in [-0.4, -0.2) is 25.7 Å². The van der Waals surface area contributed by atoms with Gasteiger partial charge in [-0.25, -0.2) is 0 Å². The molecule has 0 saturated carbocycles. The SMILES string of the molecule is CC(C)c1ccc(C(=O)Nc2cccc(-c3nn4cnnc4s3)c2)cc1. The number of carbonyl (C=O) groups is 1. The van der Waals surface area contributed by atoms with Crippen LogP contribution in [0.2, 0.25) is 0 Å². The van der Waals surface area contributed by atoms with Crippen LogP contribution in [-0.2, 0) is 0 Å². The summed E-state index contributed by atoms with van der Waals surface area (Å²) >= 11 is 1.45. The van der Waals surface area contributed by atoms with Crippen LogP contribution in [0.4, 0.5) is 5.69 Å². The Morgan fingerprint density at radius 2 is 1.96 bits per heavy atom. The Labute approximate surface area is 154 Å². The fraction of sp³-hybridized carbons (Fsp3) is 0.158. The Bertz CT molecular complexity index is 1040. The molecule has 0 fully saturated rings. The van der Waals surface area contributed by atoms with Crippen molar-refractivity contribution < 1.29 is 4.79 Å². The second kappa shape index (κ2) is 6.68. The predicted octanol–water partition coefficient (Wildman–Crippen LogP) is 4.23. The fourth-order valence-electron chi connectivity index (χ4n) is 2.63. The van der Waals surface area contributed by atoms with Crippen LogP contribution in [0.25, 0.3) is 15.5 Å². The summed E-state index contributed by atoms with van der Waals surface area (Å²) in [7, 11) is 0. The van der Waals surface area contributed by atoms with Crippen molar-refractivity contribution in [3.05, 3.63) is 66.0 Å². The molecule has 26 heavy (non-hydrogen) atoms. The number of amides is 1. The highest BCUT2D eigenvalue weighted by molar-refractivity contribution is 7.19.